The van der Waals surface area contributed by atoms with E-state index in [1.54, 1.807) is 13.0 Å². The highest BCUT2D eigenvalue weighted by atomic mass is 19.1. The highest BCUT2D eigenvalue weighted by Gasteiger charge is 2.44. The summed E-state index contributed by atoms with van der Waals surface area (Å²) < 4.78 is 27.6. The largest absolute Gasteiger partial charge is 0.503 e. The van der Waals surface area contributed by atoms with Crippen molar-refractivity contribution in [2.24, 2.45) is 0 Å². The van der Waals surface area contributed by atoms with Gasteiger partial charge in [0, 0.05) is 17.7 Å². The van der Waals surface area contributed by atoms with Crippen molar-refractivity contribution < 1.29 is 23.5 Å². The lowest BCUT2D eigenvalue weighted by atomic mass is 9.94. The second-order valence-corrected chi connectivity index (χ2v) is 5.61. The zero-order valence-electron chi connectivity index (χ0n) is 13.4. The number of benzene rings is 2. The molecule has 1 N–H and O–H groups in total. The summed E-state index contributed by atoms with van der Waals surface area (Å²) in [6.07, 6.45) is 0.0505. The van der Waals surface area contributed by atoms with Crippen molar-refractivity contribution in [3.63, 3.8) is 0 Å². The lowest BCUT2D eigenvalue weighted by Gasteiger charge is -2.27. The molecule has 4 nitrogen and oxygen atoms in total. The smallest absolute Gasteiger partial charge is 0.294 e. The molecule has 1 aliphatic rings. The SMILES string of the molecule is CCC(=O)C1=C(O)C(=O)N(c2ccc(F)cc2)C1c1ccccc1F. The minimum Gasteiger partial charge on any atom is -0.503 e. The summed E-state index contributed by atoms with van der Waals surface area (Å²) in [5.74, 6) is -3.09. The van der Waals surface area contributed by atoms with Crippen LogP contribution in [0.5, 0.6) is 0 Å². The molecule has 0 aliphatic carbocycles. The zero-order chi connectivity index (χ0) is 18.1. The summed E-state index contributed by atoms with van der Waals surface area (Å²) in [5.41, 5.74) is 0.188. The van der Waals surface area contributed by atoms with Crippen molar-refractivity contribution in [3.05, 3.63) is 77.1 Å². The Morgan fingerprint density at radius 2 is 1.76 bits per heavy atom. The molecule has 0 bridgehead atoms. The maximum atomic E-state index is 14.4. The van der Waals surface area contributed by atoms with E-state index in [0.29, 0.717) is 0 Å². The van der Waals surface area contributed by atoms with Crippen LogP contribution in [0.2, 0.25) is 0 Å². The fourth-order valence-electron chi connectivity index (χ4n) is 2.94. The lowest BCUT2D eigenvalue weighted by Crippen LogP contribution is -2.31. The van der Waals surface area contributed by atoms with E-state index in [0.717, 1.165) is 17.0 Å². The van der Waals surface area contributed by atoms with Crippen molar-refractivity contribution in [1.29, 1.82) is 0 Å². The first-order valence-corrected chi connectivity index (χ1v) is 7.75. The highest BCUT2D eigenvalue weighted by molar-refractivity contribution is 6.16. The summed E-state index contributed by atoms with van der Waals surface area (Å²) >= 11 is 0. The molecule has 1 atom stereocenters. The molecule has 25 heavy (non-hydrogen) atoms. The number of hydrogen-bond acceptors (Lipinski definition) is 3. The van der Waals surface area contributed by atoms with Crippen LogP contribution >= 0.6 is 0 Å². The summed E-state index contributed by atoms with van der Waals surface area (Å²) in [6.45, 7) is 1.59. The first-order valence-electron chi connectivity index (χ1n) is 7.75. The first kappa shape index (κ1) is 16.8. The third kappa shape index (κ3) is 2.80. The van der Waals surface area contributed by atoms with Crippen LogP contribution in [-0.4, -0.2) is 16.8 Å². The topological polar surface area (TPSA) is 57.6 Å². The molecule has 1 unspecified atom stereocenters. The molecule has 0 saturated heterocycles. The van der Waals surface area contributed by atoms with Gasteiger partial charge in [0.15, 0.2) is 11.5 Å². The van der Waals surface area contributed by atoms with E-state index in [2.05, 4.69) is 0 Å². The fourth-order valence-corrected chi connectivity index (χ4v) is 2.94. The molecule has 0 spiro atoms. The Balaban J connectivity index is 2.21. The maximum Gasteiger partial charge on any atom is 0.294 e. The molecule has 0 saturated carbocycles. The molecule has 6 heteroatoms. The molecule has 1 amide bonds. The monoisotopic (exact) mass is 343 g/mol. The van der Waals surface area contributed by atoms with Gasteiger partial charge in [-0.15, -0.1) is 0 Å². The number of Topliss-reactive ketones (excluding diaryl/α,β-unsaturated/α-hetero) is 1. The van der Waals surface area contributed by atoms with E-state index < -0.39 is 35.1 Å². The molecule has 3 rings (SSSR count). The number of halogens is 2. The Kier molecular flexibility index (Phi) is 4.35. The second-order valence-electron chi connectivity index (χ2n) is 5.61. The Bertz CT molecular complexity index is 874. The van der Waals surface area contributed by atoms with Gasteiger partial charge < -0.3 is 5.11 Å². The molecule has 2 aromatic rings. The van der Waals surface area contributed by atoms with Crippen molar-refractivity contribution in [2.45, 2.75) is 19.4 Å². The Morgan fingerprint density at radius 1 is 1.12 bits per heavy atom. The average Bonchev–Trinajstić information content (AvgIpc) is 2.87. The Morgan fingerprint density at radius 3 is 2.36 bits per heavy atom. The Labute approximate surface area is 143 Å². The summed E-state index contributed by atoms with van der Waals surface area (Å²) in [5, 5.41) is 10.2. The predicted octanol–water partition coefficient (Wildman–Crippen LogP) is 3.84. The molecule has 0 aromatic heterocycles. The van der Waals surface area contributed by atoms with Gasteiger partial charge in [-0.25, -0.2) is 8.78 Å². The van der Waals surface area contributed by atoms with Gasteiger partial charge in [-0.3, -0.25) is 14.5 Å². The molecular weight excluding hydrogens is 328 g/mol. The maximum absolute atomic E-state index is 14.4. The van der Waals surface area contributed by atoms with E-state index in [9.17, 15) is 23.5 Å². The van der Waals surface area contributed by atoms with Gasteiger partial charge in [-0.05, 0) is 30.3 Å². The van der Waals surface area contributed by atoms with E-state index in [1.165, 1.54) is 30.3 Å². The van der Waals surface area contributed by atoms with Gasteiger partial charge in [0.1, 0.15) is 11.6 Å². The van der Waals surface area contributed by atoms with Crippen LogP contribution in [0, 0.1) is 11.6 Å². The number of carbonyl (C=O) groups is 2. The third-order valence-corrected chi connectivity index (χ3v) is 4.13. The predicted molar refractivity (Wildman–Crippen MR) is 88.0 cm³/mol. The second kappa shape index (κ2) is 6.47. The van der Waals surface area contributed by atoms with Crippen LogP contribution in [0.3, 0.4) is 0 Å². The fraction of sp³-hybridized carbons (Fsp3) is 0.158. The van der Waals surface area contributed by atoms with E-state index in [4.69, 9.17) is 0 Å². The number of ketones is 1. The molecular formula is C19H15F2NO3. The average molecular weight is 343 g/mol. The van der Waals surface area contributed by atoms with Crippen LogP contribution in [-0.2, 0) is 9.59 Å². The molecule has 2 aromatic carbocycles. The minimum absolute atomic E-state index is 0.0505. The molecule has 128 valence electrons. The highest BCUT2D eigenvalue weighted by Crippen LogP contribution is 2.41. The third-order valence-electron chi connectivity index (χ3n) is 4.13. The minimum atomic E-state index is -1.10. The van der Waals surface area contributed by atoms with E-state index in [1.807, 2.05) is 0 Å². The number of carbonyl (C=O) groups excluding carboxylic acids is 2. The van der Waals surface area contributed by atoms with Crippen LogP contribution in [0.25, 0.3) is 0 Å². The first-order chi connectivity index (χ1) is 12.0. The lowest BCUT2D eigenvalue weighted by molar-refractivity contribution is -0.118. The zero-order valence-corrected chi connectivity index (χ0v) is 13.4. The number of anilines is 1. The standard InChI is InChI=1S/C19H15F2NO3/c1-2-15(23)16-17(13-5-3-4-6-14(13)21)22(19(25)18(16)24)12-9-7-11(20)8-10-12/h3-10,17,24H,2H2,1H3. The van der Waals surface area contributed by atoms with Crippen molar-refractivity contribution >= 4 is 17.4 Å². The summed E-state index contributed by atoms with van der Waals surface area (Å²) in [4.78, 5) is 26.0. The number of hydrogen-bond donors (Lipinski definition) is 1. The van der Waals surface area contributed by atoms with Crippen molar-refractivity contribution in [1.82, 2.24) is 0 Å². The quantitative estimate of drug-likeness (QED) is 0.917. The number of nitrogens with zero attached hydrogens (tertiary/aromatic N) is 1. The molecule has 1 heterocycles. The normalized spacial score (nSPS) is 17.3. The molecule has 1 aliphatic heterocycles. The molecule has 0 radical (unpaired) electrons. The van der Waals surface area contributed by atoms with Gasteiger partial charge in [0.25, 0.3) is 5.91 Å². The van der Waals surface area contributed by atoms with Crippen molar-refractivity contribution in [3.8, 4) is 0 Å². The molecule has 0 fully saturated rings. The van der Waals surface area contributed by atoms with Gasteiger partial charge in [0.2, 0.25) is 0 Å². The van der Waals surface area contributed by atoms with Crippen molar-refractivity contribution in [2.75, 3.05) is 4.90 Å². The number of amides is 1. The number of aliphatic hydroxyl groups excluding tert-OH is 1. The summed E-state index contributed by atoms with van der Waals surface area (Å²) in [7, 11) is 0. The number of aliphatic hydroxyl groups is 1. The number of rotatable bonds is 4. The van der Waals surface area contributed by atoms with Gasteiger partial charge in [0.05, 0.1) is 11.6 Å². The van der Waals surface area contributed by atoms with Crippen LogP contribution < -0.4 is 4.90 Å². The van der Waals surface area contributed by atoms with Crippen LogP contribution in [0.15, 0.2) is 59.9 Å². The van der Waals surface area contributed by atoms with E-state index in [-0.39, 0.29) is 23.2 Å². The Hall–Kier alpha value is -3.02. The van der Waals surface area contributed by atoms with Crippen LogP contribution in [0.1, 0.15) is 24.9 Å². The van der Waals surface area contributed by atoms with Gasteiger partial charge in [-0.1, -0.05) is 25.1 Å². The van der Waals surface area contributed by atoms with Gasteiger partial charge in [-0.2, -0.15) is 0 Å². The van der Waals surface area contributed by atoms with E-state index >= 15 is 0 Å². The summed E-state index contributed by atoms with van der Waals surface area (Å²) in [6, 6.07) is 9.61. The van der Waals surface area contributed by atoms with Crippen LogP contribution in [0.4, 0.5) is 14.5 Å². The van der Waals surface area contributed by atoms with Gasteiger partial charge >= 0.3 is 0 Å².